The molecule has 9 heteroatoms. The second-order valence-corrected chi connectivity index (χ2v) is 7.69. The monoisotopic (exact) mass is 364 g/mol. The lowest BCUT2D eigenvalue weighted by atomic mass is 10.1. The van der Waals surface area contributed by atoms with Crippen molar-refractivity contribution in [1.29, 1.82) is 0 Å². The van der Waals surface area contributed by atoms with Crippen molar-refractivity contribution in [1.82, 2.24) is 15.0 Å². The number of pyridine rings is 1. The Hall–Kier alpha value is -1.19. The number of nitrogen functional groups attached to an aromatic ring is 1. The molecule has 1 aromatic heterocycles. The third kappa shape index (κ3) is 5.43. The molecule has 0 atom stereocenters. The van der Waals surface area contributed by atoms with Gasteiger partial charge in [0.2, 0.25) is 10.0 Å². The number of carbonyl (C=O) groups excluding carboxylic acids is 1. The van der Waals surface area contributed by atoms with E-state index in [9.17, 15) is 13.2 Å². The van der Waals surface area contributed by atoms with Crippen molar-refractivity contribution in [2.75, 3.05) is 18.5 Å². The van der Waals surface area contributed by atoms with E-state index in [2.05, 4.69) is 31.0 Å². The van der Waals surface area contributed by atoms with Crippen molar-refractivity contribution in [3.8, 4) is 0 Å². The lowest BCUT2D eigenvalue weighted by Gasteiger charge is -2.25. The van der Waals surface area contributed by atoms with Gasteiger partial charge in [-0.05, 0) is 35.8 Å². The zero-order valence-corrected chi connectivity index (χ0v) is 13.8. The summed E-state index contributed by atoms with van der Waals surface area (Å²) in [4.78, 5) is 15.9. The predicted molar refractivity (Wildman–Crippen MR) is 80.7 cm³/mol. The lowest BCUT2D eigenvalue weighted by Crippen LogP contribution is -2.51. The molecule has 112 valence electrons. The summed E-state index contributed by atoms with van der Waals surface area (Å²) in [7, 11) is -3.36. The van der Waals surface area contributed by atoms with Crippen LogP contribution in [0.2, 0.25) is 0 Å². The van der Waals surface area contributed by atoms with Crippen LogP contribution in [0.5, 0.6) is 0 Å². The van der Waals surface area contributed by atoms with Gasteiger partial charge in [0.1, 0.15) is 5.82 Å². The van der Waals surface area contributed by atoms with Crippen molar-refractivity contribution in [3.05, 3.63) is 22.3 Å². The average Bonchev–Trinajstić information content (AvgIpc) is 2.26. The zero-order chi connectivity index (χ0) is 15.6. The highest BCUT2D eigenvalue weighted by Crippen LogP contribution is 2.15. The number of carbonyl (C=O) groups is 1. The largest absolute Gasteiger partial charge is 0.383 e. The normalized spacial score (nSPS) is 12.2. The van der Waals surface area contributed by atoms with Gasteiger partial charge in [0.05, 0.1) is 11.8 Å². The van der Waals surface area contributed by atoms with Gasteiger partial charge in [-0.15, -0.1) is 0 Å². The van der Waals surface area contributed by atoms with Crippen molar-refractivity contribution in [2.24, 2.45) is 0 Å². The number of sulfonamides is 1. The highest BCUT2D eigenvalue weighted by Gasteiger charge is 2.23. The van der Waals surface area contributed by atoms with E-state index in [1.807, 2.05) is 0 Å². The van der Waals surface area contributed by atoms with E-state index in [0.29, 0.717) is 4.47 Å². The maximum Gasteiger partial charge on any atom is 0.255 e. The molecule has 1 heterocycles. The summed E-state index contributed by atoms with van der Waals surface area (Å²) in [5, 5.41) is 2.62. The van der Waals surface area contributed by atoms with Gasteiger partial charge in [0.25, 0.3) is 5.91 Å². The van der Waals surface area contributed by atoms with Crippen LogP contribution >= 0.6 is 15.9 Å². The standard InChI is InChI=1S/C11H17BrN4O3S/c1-11(2,16-20(3,18)19)6-15-10(17)8-4-7(12)5-14-9(8)13/h4-5,16H,6H2,1-3H3,(H2,13,14)(H,15,17). The number of nitrogens with one attached hydrogen (secondary N) is 2. The Morgan fingerprint density at radius 1 is 1.50 bits per heavy atom. The molecule has 1 aromatic rings. The molecule has 0 unspecified atom stereocenters. The first-order valence-electron chi connectivity index (χ1n) is 5.68. The van der Waals surface area contributed by atoms with Crippen LogP contribution in [-0.4, -0.2) is 37.6 Å². The highest BCUT2D eigenvalue weighted by molar-refractivity contribution is 9.10. The van der Waals surface area contributed by atoms with Gasteiger partial charge < -0.3 is 11.1 Å². The Morgan fingerprint density at radius 3 is 2.65 bits per heavy atom. The molecule has 0 aliphatic rings. The minimum Gasteiger partial charge on any atom is -0.383 e. The number of anilines is 1. The summed E-state index contributed by atoms with van der Waals surface area (Å²) in [5.41, 5.74) is 5.05. The van der Waals surface area contributed by atoms with Crippen LogP contribution in [0.15, 0.2) is 16.7 Å². The molecule has 20 heavy (non-hydrogen) atoms. The first-order chi connectivity index (χ1) is 9.00. The van der Waals surface area contributed by atoms with E-state index < -0.39 is 21.5 Å². The second-order valence-electron chi connectivity index (χ2n) is 5.03. The molecule has 0 spiro atoms. The van der Waals surface area contributed by atoms with Gasteiger partial charge in [0, 0.05) is 22.8 Å². The van der Waals surface area contributed by atoms with Crippen LogP contribution in [0.4, 0.5) is 5.82 Å². The quantitative estimate of drug-likeness (QED) is 0.702. The van der Waals surface area contributed by atoms with Crippen molar-refractivity contribution in [3.63, 3.8) is 0 Å². The van der Waals surface area contributed by atoms with Gasteiger partial charge in [-0.2, -0.15) is 0 Å². The van der Waals surface area contributed by atoms with Crippen LogP contribution in [0.1, 0.15) is 24.2 Å². The molecule has 4 N–H and O–H groups in total. The Bertz CT molecular complexity index is 616. The summed E-state index contributed by atoms with van der Waals surface area (Å²) < 4.78 is 25.5. The Labute approximate surface area is 126 Å². The van der Waals surface area contributed by atoms with E-state index >= 15 is 0 Å². The molecule has 0 fully saturated rings. The fraction of sp³-hybridized carbons (Fsp3) is 0.455. The van der Waals surface area contributed by atoms with Crippen LogP contribution in [0.3, 0.4) is 0 Å². The van der Waals surface area contributed by atoms with Crippen LogP contribution in [0, 0.1) is 0 Å². The molecule has 7 nitrogen and oxygen atoms in total. The third-order valence-corrected chi connectivity index (χ3v) is 3.64. The van der Waals surface area contributed by atoms with Crippen molar-refractivity contribution < 1.29 is 13.2 Å². The number of aromatic nitrogens is 1. The highest BCUT2D eigenvalue weighted by atomic mass is 79.9. The summed E-state index contributed by atoms with van der Waals surface area (Å²) in [6.45, 7) is 3.44. The SMILES string of the molecule is CC(C)(CNC(=O)c1cc(Br)cnc1N)NS(C)(=O)=O. The summed E-state index contributed by atoms with van der Waals surface area (Å²) in [5.74, 6) is -0.306. The Kier molecular flexibility index (Phi) is 5.11. The fourth-order valence-electron chi connectivity index (χ4n) is 1.57. The number of amides is 1. The number of nitrogens with zero attached hydrogens (tertiary/aromatic N) is 1. The molecule has 0 radical (unpaired) electrons. The van der Waals surface area contributed by atoms with Crippen molar-refractivity contribution >= 4 is 37.7 Å². The van der Waals surface area contributed by atoms with E-state index in [4.69, 9.17) is 5.73 Å². The molecule has 0 bridgehead atoms. The van der Waals surface area contributed by atoms with E-state index in [0.717, 1.165) is 6.26 Å². The number of rotatable bonds is 5. The molecular weight excluding hydrogens is 348 g/mol. The van der Waals surface area contributed by atoms with E-state index in [1.54, 1.807) is 19.9 Å². The first-order valence-corrected chi connectivity index (χ1v) is 8.37. The third-order valence-electron chi connectivity index (χ3n) is 2.28. The molecule has 0 saturated carbocycles. The number of halogens is 1. The lowest BCUT2D eigenvalue weighted by molar-refractivity contribution is 0.0945. The summed E-state index contributed by atoms with van der Waals surface area (Å²) in [6.07, 6.45) is 2.55. The van der Waals surface area contributed by atoms with Gasteiger partial charge in [0.15, 0.2) is 0 Å². The smallest absolute Gasteiger partial charge is 0.255 e. The van der Waals surface area contributed by atoms with Crippen LogP contribution in [0.25, 0.3) is 0 Å². The molecule has 0 aliphatic heterocycles. The Balaban J connectivity index is 2.75. The van der Waals surface area contributed by atoms with Gasteiger partial charge in [-0.25, -0.2) is 18.1 Å². The summed E-state index contributed by atoms with van der Waals surface area (Å²) in [6, 6.07) is 1.55. The van der Waals surface area contributed by atoms with Gasteiger partial charge in [-0.1, -0.05) is 0 Å². The van der Waals surface area contributed by atoms with Crippen LogP contribution in [-0.2, 0) is 10.0 Å². The molecule has 0 aromatic carbocycles. The number of nitrogens with two attached hydrogens (primary N) is 1. The maximum atomic E-state index is 12.0. The molecule has 0 aliphatic carbocycles. The number of hydrogen-bond donors (Lipinski definition) is 3. The Morgan fingerprint density at radius 2 is 2.10 bits per heavy atom. The van der Waals surface area contributed by atoms with Crippen LogP contribution < -0.4 is 15.8 Å². The first kappa shape index (κ1) is 16.9. The minimum atomic E-state index is -3.36. The minimum absolute atomic E-state index is 0.111. The molecule has 1 amide bonds. The maximum absolute atomic E-state index is 12.0. The number of hydrogen-bond acceptors (Lipinski definition) is 5. The fourth-order valence-corrected chi connectivity index (χ4v) is 2.97. The molecule has 0 saturated heterocycles. The second kappa shape index (κ2) is 6.06. The molecular formula is C11H17BrN4O3S. The van der Waals surface area contributed by atoms with E-state index in [1.165, 1.54) is 6.20 Å². The van der Waals surface area contributed by atoms with E-state index in [-0.39, 0.29) is 17.9 Å². The average molecular weight is 365 g/mol. The van der Waals surface area contributed by atoms with Gasteiger partial charge >= 0.3 is 0 Å². The zero-order valence-electron chi connectivity index (χ0n) is 11.4. The topological polar surface area (TPSA) is 114 Å². The summed E-state index contributed by atoms with van der Waals surface area (Å²) >= 11 is 3.21. The van der Waals surface area contributed by atoms with Crippen molar-refractivity contribution in [2.45, 2.75) is 19.4 Å². The van der Waals surface area contributed by atoms with Gasteiger partial charge in [-0.3, -0.25) is 4.79 Å². The predicted octanol–water partition coefficient (Wildman–Crippen LogP) is 0.484. The molecule has 1 rings (SSSR count).